The molecule has 0 aliphatic heterocycles. The van der Waals surface area contributed by atoms with Gasteiger partial charge in [-0.2, -0.15) is 0 Å². The fourth-order valence-corrected chi connectivity index (χ4v) is 1.40. The summed E-state index contributed by atoms with van der Waals surface area (Å²) >= 11 is 0. The van der Waals surface area contributed by atoms with Gasteiger partial charge in [-0.15, -0.1) is 6.58 Å². The monoisotopic (exact) mass is 232 g/mol. The second kappa shape index (κ2) is 6.66. The average molecular weight is 232 g/mol. The van der Waals surface area contributed by atoms with Crippen molar-refractivity contribution in [3.8, 4) is 0 Å². The molecule has 17 heavy (non-hydrogen) atoms. The Bertz CT molecular complexity index is 421. The number of aliphatic hydroxyl groups is 1. The predicted molar refractivity (Wildman–Crippen MR) is 67.3 cm³/mol. The molecule has 0 heterocycles. The van der Waals surface area contributed by atoms with E-state index in [1.54, 1.807) is 12.2 Å². The number of aliphatic hydroxyl groups excluding tert-OH is 1. The molecule has 0 radical (unpaired) electrons. The zero-order valence-electron chi connectivity index (χ0n) is 9.80. The number of hydrogen-bond donors (Lipinski definition) is 1. The highest BCUT2D eigenvalue weighted by molar-refractivity contribution is 5.86. The first-order chi connectivity index (χ1) is 8.17. The van der Waals surface area contributed by atoms with E-state index in [0.717, 1.165) is 11.1 Å². The number of carbonyl (C=O) groups excluding carboxylic acids is 1. The maximum Gasteiger partial charge on any atom is 0.330 e. The first-order valence-corrected chi connectivity index (χ1v) is 5.32. The van der Waals surface area contributed by atoms with E-state index in [1.165, 1.54) is 13.2 Å². The van der Waals surface area contributed by atoms with Crippen LogP contribution in [0, 0.1) is 0 Å². The van der Waals surface area contributed by atoms with Crippen molar-refractivity contribution in [3.05, 3.63) is 54.1 Å². The number of benzene rings is 1. The van der Waals surface area contributed by atoms with Crippen LogP contribution in [0.1, 0.15) is 23.7 Å². The van der Waals surface area contributed by atoms with Gasteiger partial charge in [-0.1, -0.05) is 24.3 Å². The minimum absolute atomic E-state index is 0.401. The van der Waals surface area contributed by atoms with Gasteiger partial charge in [-0.25, -0.2) is 4.79 Å². The summed E-state index contributed by atoms with van der Waals surface area (Å²) < 4.78 is 4.50. The van der Waals surface area contributed by atoms with Gasteiger partial charge >= 0.3 is 5.97 Å². The molecule has 0 spiro atoms. The van der Waals surface area contributed by atoms with Crippen LogP contribution in [0.3, 0.4) is 0 Å². The Morgan fingerprint density at radius 3 is 3.00 bits per heavy atom. The lowest BCUT2D eigenvalue weighted by Gasteiger charge is -2.08. The first kappa shape index (κ1) is 13.2. The molecule has 0 saturated heterocycles. The van der Waals surface area contributed by atoms with Crippen LogP contribution in [-0.2, 0) is 9.53 Å². The Kier molecular flexibility index (Phi) is 5.17. The third-order valence-corrected chi connectivity index (χ3v) is 2.30. The van der Waals surface area contributed by atoms with E-state index in [1.807, 2.05) is 24.3 Å². The summed E-state index contributed by atoms with van der Waals surface area (Å²) in [7, 11) is 1.33. The second-order valence-electron chi connectivity index (χ2n) is 3.57. The molecule has 3 heteroatoms. The molecule has 1 aromatic carbocycles. The molecule has 0 bridgehead atoms. The van der Waals surface area contributed by atoms with E-state index in [9.17, 15) is 9.90 Å². The predicted octanol–water partition coefficient (Wildman–Crippen LogP) is 2.48. The molecule has 0 unspecified atom stereocenters. The summed E-state index contributed by atoms with van der Waals surface area (Å²) in [5.74, 6) is -0.401. The van der Waals surface area contributed by atoms with Gasteiger partial charge in [-0.3, -0.25) is 0 Å². The zero-order chi connectivity index (χ0) is 12.7. The van der Waals surface area contributed by atoms with Crippen molar-refractivity contribution < 1.29 is 14.6 Å². The molecule has 1 aromatic rings. The Balaban J connectivity index is 2.82. The Morgan fingerprint density at radius 2 is 2.35 bits per heavy atom. The summed E-state index contributed by atoms with van der Waals surface area (Å²) in [6, 6.07) is 7.35. The van der Waals surface area contributed by atoms with Crippen molar-refractivity contribution in [1.82, 2.24) is 0 Å². The molecule has 0 aliphatic carbocycles. The third kappa shape index (κ3) is 4.25. The van der Waals surface area contributed by atoms with Crippen molar-refractivity contribution in [2.24, 2.45) is 0 Å². The summed E-state index contributed by atoms with van der Waals surface area (Å²) in [5, 5.41) is 9.78. The number of rotatable bonds is 5. The number of esters is 1. The molecule has 0 aliphatic rings. The zero-order valence-corrected chi connectivity index (χ0v) is 9.80. The van der Waals surface area contributed by atoms with E-state index in [-0.39, 0.29) is 0 Å². The molecular weight excluding hydrogens is 216 g/mol. The van der Waals surface area contributed by atoms with Crippen LogP contribution in [0.25, 0.3) is 6.08 Å². The van der Waals surface area contributed by atoms with E-state index in [0.29, 0.717) is 6.42 Å². The van der Waals surface area contributed by atoms with Crippen molar-refractivity contribution in [2.75, 3.05) is 7.11 Å². The molecule has 0 amide bonds. The highest BCUT2D eigenvalue weighted by Crippen LogP contribution is 2.18. The van der Waals surface area contributed by atoms with Crippen molar-refractivity contribution in [1.29, 1.82) is 0 Å². The minimum atomic E-state index is -0.557. The van der Waals surface area contributed by atoms with Gasteiger partial charge in [0.15, 0.2) is 0 Å². The molecule has 1 atom stereocenters. The molecule has 1 rings (SSSR count). The van der Waals surface area contributed by atoms with Crippen LogP contribution in [0.5, 0.6) is 0 Å². The third-order valence-electron chi connectivity index (χ3n) is 2.30. The number of methoxy groups -OCH3 is 1. The summed E-state index contributed by atoms with van der Waals surface area (Å²) in [6.45, 7) is 3.58. The number of carbonyl (C=O) groups is 1. The molecule has 0 aromatic heterocycles. The summed E-state index contributed by atoms with van der Waals surface area (Å²) in [6.07, 6.45) is 4.61. The first-order valence-electron chi connectivity index (χ1n) is 5.32. The van der Waals surface area contributed by atoms with Crippen molar-refractivity contribution in [2.45, 2.75) is 12.5 Å². The highest BCUT2D eigenvalue weighted by atomic mass is 16.5. The highest BCUT2D eigenvalue weighted by Gasteiger charge is 2.04. The molecule has 0 fully saturated rings. The maximum atomic E-state index is 10.9. The SMILES string of the molecule is C=CC[C@H](O)c1cccc(/C=C/C(=O)OC)c1. The molecule has 90 valence electrons. The van der Waals surface area contributed by atoms with Gasteiger partial charge < -0.3 is 9.84 Å². The van der Waals surface area contributed by atoms with Gasteiger partial charge in [0.1, 0.15) is 0 Å². The van der Waals surface area contributed by atoms with E-state index in [4.69, 9.17) is 0 Å². The van der Waals surface area contributed by atoms with Gasteiger partial charge in [-0.05, 0) is 29.7 Å². The lowest BCUT2D eigenvalue weighted by Crippen LogP contribution is -1.96. The smallest absolute Gasteiger partial charge is 0.330 e. The second-order valence-corrected chi connectivity index (χ2v) is 3.57. The average Bonchev–Trinajstić information content (AvgIpc) is 2.36. The molecule has 1 N–H and O–H groups in total. The van der Waals surface area contributed by atoms with E-state index >= 15 is 0 Å². The van der Waals surface area contributed by atoms with Crippen LogP contribution in [0.4, 0.5) is 0 Å². The topological polar surface area (TPSA) is 46.5 Å². The lowest BCUT2D eigenvalue weighted by atomic mass is 10.0. The van der Waals surface area contributed by atoms with Crippen LogP contribution in [0.15, 0.2) is 43.0 Å². The summed E-state index contributed by atoms with van der Waals surface area (Å²) in [4.78, 5) is 10.9. The largest absolute Gasteiger partial charge is 0.466 e. The van der Waals surface area contributed by atoms with Gasteiger partial charge in [0, 0.05) is 6.08 Å². The standard InChI is InChI=1S/C14H16O3/c1-3-5-13(15)12-7-4-6-11(10-12)8-9-14(16)17-2/h3-4,6-10,13,15H,1,5H2,2H3/b9-8+/t13-/m0/s1. The van der Waals surface area contributed by atoms with Crippen molar-refractivity contribution >= 4 is 12.0 Å². The Morgan fingerprint density at radius 1 is 1.59 bits per heavy atom. The Hall–Kier alpha value is -1.87. The number of hydrogen-bond acceptors (Lipinski definition) is 3. The molecule has 3 nitrogen and oxygen atoms in total. The lowest BCUT2D eigenvalue weighted by molar-refractivity contribution is -0.134. The fourth-order valence-electron chi connectivity index (χ4n) is 1.40. The van der Waals surface area contributed by atoms with Crippen LogP contribution < -0.4 is 0 Å². The van der Waals surface area contributed by atoms with Gasteiger partial charge in [0.05, 0.1) is 13.2 Å². The van der Waals surface area contributed by atoms with E-state index < -0.39 is 12.1 Å². The van der Waals surface area contributed by atoms with Crippen molar-refractivity contribution in [3.63, 3.8) is 0 Å². The normalized spacial score (nSPS) is 12.4. The quantitative estimate of drug-likeness (QED) is 0.482. The van der Waals surface area contributed by atoms with Crippen LogP contribution in [-0.4, -0.2) is 18.2 Å². The minimum Gasteiger partial charge on any atom is -0.466 e. The van der Waals surface area contributed by atoms with Gasteiger partial charge in [0.2, 0.25) is 0 Å². The maximum absolute atomic E-state index is 10.9. The summed E-state index contributed by atoms with van der Waals surface area (Å²) in [5.41, 5.74) is 1.65. The van der Waals surface area contributed by atoms with Crippen LogP contribution >= 0.6 is 0 Å². The van der Waals surface area contributed by atoms with Gasteiger partial charge in [0.25, 0.3) is 0 Å². The number of ether oxygens (including phenoxy) is 1. The Labute approximate surface area is 101 Å². The van der Waals surface area contributed by atoms with Crippen LogP contribution in [0.2, 0.25) is 0 Å². The van der Waals surface area contributed by atoms with E-state index in [2.05, 4.69) is 11.3 Å². The molecule has 0 saturated carbocycles. The molecular formula is C14H16O3. The fraction of sp³-hybridized carbons (Fsp3) is 0.214.